The molecule has 0 aliphatic rings. The van der Waals surface area contributed by atoms with Crippen molar-refractivity contribution in [3.63, 3.8) is 0 Å². The summed E-state index contributed by atoms with van der Waals surface area (Å²) < 4.78 is 12.7. The van der Waals surface area contributed by atoms with Crippen LogP contribution in [0.3, 0.4) is 0 Å². The summed E-state index contributed by atoms with van der Waals surface area (Å²) in [5.41, 5.74) is 5.86. The first-order valence-corrected chi connectivity index (χ1v) is 5.22. The number of hydrogen-bond acceptors (Lipinski definition) is 3. The lowest BCUT2D eigenvalue weighted by Gasteiger charge is -2.23. The normalized spacial score (nSPS) is 12.9. The zero-order valence-electron chi connectivity index (χ0n) is 10.1. The van der Waals surface area contributed by atoms with Crippen LogP contribution in [0.25, 0.3) is 0 Å². The molecule has 6 nitrogen and oxygen atoms in total. The van der Waals surface area contributed by atoms with Gasteiger partial charge in [-0.3, -0.25) is 0 Å². The highest BCUT2D eigenvalue weighted by Gasteiger charge is 2.19. The van der Waals surface area contributed by atoms with Crippen LogP contribution in [0.4, 0.5) is 14.9 Å². The van der Waals surface area contributed by atoms with Crippen molar-refractivity contribution in [1.82, 2.24) is 4.90 Å². The van der Waals surface area contributed by atoms with Gasteiger partial charge in [-0.15, -0.1) is 0 Å². The Morgan fingerprint density at radius 1 is 1.50 bits per heavy atom. The lowest BCUT2D eigenvalue weighted by molar-refractivity contribution is 0.217. The minimum absolute atomic E-state index is 0.0771. The van der Waals surface area contributed by atoms with Crippen LogP contribution in [0.15, 0.2) is 29.4 Å². The molecule has 0 aliphatic heterocycles. The predicted octanol–water partition coefficient (Wildman–Crippen LogP) is 1.42. The third-order valence-corrected chi connectivity index (χ3v) is 2.54. The fourth-order valence-corrected chi connectivity index (χ4v) is 1.20. The zero-order chi connectivity index (χ0) is 13.7. The van der Waals surface area contributed by atoms with Crippen molar-refractivity contribution in [2.75, 3.05) is 12.4 Å². The number of oxime groups is 1. The summed E-state index contributed by atoms with van der Waals surface area (Å²) in [5.74, 6) is -0.460. The van der Waals surface area contributed by atoms with Gasteiger partial charge in [-0.1, -0.05) is 5.16 Å². The summed E-state index contributed by atoms with van der Waals surface area (Å²) >= 11 is 0. The minimum atomic E-state index is -0.560. The van der Waals surface area contributed by atoms with Crippen molar-refractivity contribution in [3.05, 3.63) is 30.1 Å². The summed E-state index contributed by atoms with van der Waals surface area (Å²) in [5, 5.41) is 13.9. The van der Waals surface area contributed by atoms with Crippen LogP contribution in [-0.2, 0) is 0 Å². The number of likely N-dealkylation sites (N-methyl/N-ethyl adjacent to an activating group) is 1. The quantitative estimate of drug-likeness (QED) is 0.330. The van der Waals surface area contributed by atoms with E-state index in [1.165, 1.54) is 36.2 Å². The van der Waals surface area contributed by atoms with E-state index in [0.29, 0.717) is 5.69 Å². The van der Waals surface area contributed by atoms with Crippen LogP contribution in [0.1, 0.15) is 6.92 Å². The molecule has 98 valence electrons. The van der Waals surface area contributed by atoms with Gasteiger partial charge in [0.15, 0.2) is 5.84 Å². The maximum Gasteiger partial charge on any atom is 0.322 e. The molecule has 0 aromatic heterocycles. The van der Waals surface area contributed by atoms with Gasteiger partial charge in [0.1, 0.15) is 5.82 Å². The number of carbonyl (C=O) groups excluding carboxylic acids is 1. The van der Waals surface area contributed by atoms with Crippen LogP contribution in [0.5, 0.6) is 0 Å². The van der Waals surface area contributed by atoms with E-state index in [1.54, 1.807) is 6.92 Å². The third-order valence-electron chi connectivity index (χ3n) is 2.54. The molecule has 0 spiro atoms. The lowest BCUT2D eigenvalue weighted by Crippen LogP contribution is -2.45. The van der Waals surface area contributed by atoms with Crippen LogP contribution in [0, 0.1) is 5.82 Å². The molecule has 1 aromatic carbocycles. The van der Waals surface area contributed by atoms with E-state index in [4.69, 9.17) is 10.9 Å². The van der Waals surface area contributed by atoms with Gasteiger partial charge in [0.25, 0.3) is 0 Å². The first-order valence-electron chi connectivity index (χ1n) is 5.22. The topological polar surface area (TPSA) is 91.0 Å². The largest absolute Gasteiger partial charge is 0.409 e. The van der Waals surface area contributed by atoms with Gasteiger partial charge in [-0.05, 0) is 31.2 Å². The van der Waals surface area contributed by atoms with Crippen LogP contribution in [-0.4, -0.2) is 35.1 Å². The maximum atomic E-state index is 12.7. The molecule has 18 heavy (non-hydrogen) atoms. The first kappa shape index (κ1) is 13.8. The Balaban J connectivity index is 2.68. The van der Waals surface area contributed by atoms with Crippen molar-refractivity contribution in [3.8, 4) is 0 Å². The van der Waals surface area contributed by atoms with Crippen molar-refractivity contribution >= 4 is 17.6 Å². The Morgan fingerprint density at radius 3 is 2.56 bits per heavy atom. The highest BCUT2D eigenvalue weighted by Crippen LogP contribution is 2.09. The van der Waals surface area contributed by atoms with E-state index in [9.17, 15) is 9.18 Å². The van der Waals surface area contributed by atoms with Crippen molar-refractivity contribution in [2.45, 2.75) is 13.0 Å². The van der Waals surface area contributed by atoms with Gasteiger partial charge < -0.3 is 21.2 Å². The second-order valence-electron chi connectivity index (χ2n) is 3.75. The summed E-state index contributed by atoms with van der Waals surface area (Å²) in [6.45, 7) is 1.61. The molecule has 0 heterocycles. The molecule has 7 heteroatoms. The molecule has 0 fully saturated rings. The standard InChI is InChI=1S/C11H15FN4O2/c1-7(10(13)15-18)16(2)11(17)14-9-5-3-8(12)4-6-9/h3-7,18H,1-2H3,(H2,13,15)(H,14,17). The second-order valence-corrected chi connectivity index (χ2v) is 3.75. The summed E-state index contributed by atoms with van der Waals surface area (Å²) in [7, 11) is 1.50. The minimum Gasteiger partial charge on any atom is -0.409 e. The summed E-state index contributed by atoms with van der Waals surface area (Å²) in [4.78, 5) is 13.1. The number of amidine groups is 1. The molecule has 0 bridgehead atoms. The smallest absolute Gasteiger partial charge is 0.322 e. The number of amides is 2. The van der Waals surface area contributed by atoms with Crippen molar-refractivity contribution < 1.29 is 14.4 Å². The Hall–Kier alpha value is -2.31. The van der Waals surface area contributed by atoms with Gasteiger partial charge >= 0.3 is 6.03 Å². The molecule has 4 N–H and O–H groups in total. The molecule has 1 rings (SSSR count). The average Bonchev–Trinajstić information content (AvgIpc) is 2.38. The van der Waals surface area contributed by atoms with E-state index in [0.717, 1.165) is 0 Å². The average molecular weight is 254 g/mol. The molecular formula is C11H15FN4O2. The second kappa shape index (κ2) is 5.85. The van der Waals surface area contributed by atoms with Crippen LogP contribution >= 0.6 is 0 Å². The molecule has 0 aliphatic carbocycles. The number of nitrogens with zero attached hydrogens (tertiary/aromatic N) is 2. The number of rotatable bonds is 3. The Morgan fingerprint density at radius 2 is 2.06 bits per heavy atom. The molecule has 0 saturated heterocycles. The van der Waals surface area contributed by atoms with Crippen molar-refractivity contribution in [2.24, 2.45) is 10.9 Å². The lowest BCUT2D eigenvalue weighted by atomic mass is 10.3. The van der Waals surface area contributed by atoms with Crippen LogP contribution < -0.4 is 11.1 Å². The number of benzene rings is 1. The van der Waals surface area contributed by atoms with Crippen LogP contribution in [0.2, 0.25) is 0 Å². The van der Waals surface area contributed by atoms with E-state index in [2.05, 4.69) is 10.5 Å². The SMILES string of the molecule is CC(C(N)=NO)N(C)C(=O)Nc1ccc(F)cc1. The maximum absolute atomic E-state index is 12.7. The molecular weight excluding hydrogens is 239 g/mol. The van der Waals surface area contributed by atoms with E-state index >= 15 is 0 Å². The van der Waals surface area contributed by atoms with Crippen molar-refractivity contribution in [1.29, 1.82) is 0 Å². The number of halogens is 1. The highest BCUT2D eigenvalue weighted by molar-refractivity contribution is 5.94. The Labute approximate surface area is 104 Å². The fourth-order valence-electron chi connectivity index (χ4n) is 1.20. The van der Waals surface area contributed by atoms with Gasteiger partial charge in [-0.2, -0.15) is 0 Å². The molecule has 0 radical (unpaired) electrons. The van der Waals surface area contributed by atoms with E-state index in [1.807, 2.05) is 0 Å². The molecule has 1 atom stereocenters. The fraction of sp³-hybridized carbons (Fsp3) is 0.273. The number of carbonyl (C=O) groups is 1. The summed E-state index contributed by atoms with van der Waals surface area (Å²) in [6, 6.07) is 4.35. The highest BCUT2D eigenvalue weighted by atomic mass is 19.1. The number of nitrogens with one attached hydrogen (secondary N) is 1. The van der Waals surface area contributed by atoms with E-state index in [-0.39, 0.29) is 11.7 Å². The Kier molecular flexibility index (Phi) is 4.47. The molecule has 1 aromatic rings. The number of hydrogen-bond donors (Lipinski definition) is 3. The third kappa shape index (κ3) is 3.34. The number of nitrogens with two attached hydrogens (primary N) is 1. The zero-order valence-corrected chi connectivity index (χ0v) is 10.1. The Bertz CT molecular complexity index is 447. The molecule has 0 saturated carbocycles. The molecule has 1 unspecified atom stereocenters. The van der Waals surface area contributed by atoms with Gasteiger partial charge in [0, 0.05) is 12.7 Å². The predicted molar refractivity (Wildman–Crippen MR) is 66.1 cm³/mol. The molecule has 2 amide bonds. The van der Waals surface area contributed by atoms with E-state index < -0.39 is 12.1 Å². The summed E-state index contributed by atoms with van der Waals surface area (Å²) in [6.07, 6.45) is 0. The number of urea groups is 1. The first-order chi connectivity index (χ1) is 8.45. The monoisotopic (exact) mass is 254 g/mol. The van der Waals surface area contributed by atoms with Gasteiger partial charge in [0.2, 0.25) is 0 Å². The number of anilines is 1. The van der Waals surface area contributed by atoms with Gasteiger partial charge in [0.05, 0.1) is 6.04 Å². The van der Waals surface area contributed by atoms with Gasteiger partial charge in [-0.25, -0.2) is 9.18 Å².